The smallest absolute Gasteiger partial charge is 0.387 e. The SMILES string of the molecule is CCC(=O)N(C)Cc1ccc(OC(F)F)cc1. The lowest BCUT2D eigenvalue weighted by atomic mass is 10.2. The third-order valence-corrected chi connectivity index (χ3v) is 2.30. The molecule has 1 aromatic rings. The number of alkyl halides is 2. The summed E-state index contributed by atoms with van der Waals surface area (Å²) < 4.78 is 28.0. The first-order valence-electron chi connectivity index (χ1n) is 5.30. The van der Waals surface area contributed by atoms with Gasteiger partial charge in [-0.25, -0.2) is 0 Å². The Morgan fingerprint density at radius 1 is 1.35 bits per heavy atom. The van der Waals surface area contributed by atoms with Crippen molar-refractivity contribution in [2.45, 2.75) is 26.5 Å². The average Bonchev–Trinajstić information content (AvgIpc) is 2.30. The summed E-state index contributed by atoms with van der Waals surface area (Å²) in [4.78, 5) is 12.9. The van der Waals surface area contributed by atoms with Crippen LogP contribution >= 0.6 is 0 Å². The van der Waals surface area contributed by atoms with Gasteiger partial charge in [-0.05, 0) is 17.7 Å². The van der Waals surface area contributed by atoms with Crippen molar-refractivity contribution in [3.8, 4) is 5.75 Å². The van der Waals surface area contributed by atoms with Crippen LogP contribution in [0.25, 0.3) is 0 Å². The van der Waals surface area contributed by atoms with Crippen molar-refractivity contribution in [2.75, 3.05) is 7.05 Å². The molecule has 1 rings (SSSR count). The Hall–Kier alpha value is -1.65. The zero-order valence-corrected chi connectivity index (χ0v) is 9.82. The highest BCUT2D eigenvalue weighted by atomic mass is 19.3. The first-order chi connectivity index (χ1) is 8.02. The Bertz CT molecular complexity index is 365. The van der Waals surface area contributed by atoms with Crippen molar-refractivity contribution in [2.24, 2.45) is 0 Å². The van der Waals surface area contributed by atoms with Crippen LogP contribution in [0, 0.1) is 0 Å². The summed E-state index contributed by atoms with van der Waals surface area (Å²) in [6.45, 7) is -0.565. The van der Waals surface area contributed by atoms with Gasteiger partial charge < -0.3 is 9.64 Å². The van der Waals surface area contributed by atoms with Crippen molar-refractivity contribution >= 4 is 5.91 Å². The van der Waals surface area contributed by atoms with E-state index in [-0.39, 0.29) is 11.7 Å². The number of benzene rings is 1. The molecule has 0 aliphatic carbocycles. The molecule has 0 saturated carbocycles. The first kappa shape index (κ1) is 13.4. The quantitative estimate of drug-likeness (QED) is 0.795. The van der Waals surface area contributed by atoms with Gasteiger partial charge in [0.25, 0.3) is 0 Å². The fourth-order valence-corrected chi connectivity index (χ4v) is 1.41. The number of hydrogen-bond donors (Lipinski definition) is 0. The van der Waals surface area contributed by atoms with Crippen molar-refractivity contribution in [3.63, 3.8) is 0 Å². The zero-order chi connectivity index (χ0) is 12.8. The molecular formula is C12H15F2NO2. The van der Waals surface area contributed by atoms with Crippen LogP contribution in [-0.2, 0) is 11.3 Å². The van der Waals surface area contributed by atoms with Gasteiger partial charge in [-0.1, -0.05) is 19.1 Å². The molecule has 94 valence electrons. The van der Waals surface area contributed by atoms with Crippen LogP contribution in [0.5, 0.6) is 5.75 Å². The second-order valence-electron chi connectivity index (χ2n) is 3.63. The molecule has 0 unspecified atom stereocenters. The predicted octanol–water partition coefficient (Wildman–Crippen LogP) is 2.66. The predicted molar refractivity (Wildman–Crippen MR) is 59.8 cm³/mol. The highest BCUT2D eigenvalue weighted by Crippen LogP contribution is 2.15. The maximum atomic E-state index is 11.9. The maximum Gasteiger partial charge on any atom is 0.387 e. The summed E-state index contributed by atoms with van der Waals surface area (Å²) in [5, 5.41) is 0. The van der Waals surface area contributed by atoms with Gasteiger partial charge in [-0.15, -0.1) is 0 Å². The molecule has 0 aliphatic rings. The normalized spacial score (nSPS) is 10.4. The molecule has 0 heterocycles. The van der Waals surface area contributed by atoms with Crippen LogP contribution in [0.3, 0.4) is 0 Å². The number of hydrogen-bond acceptors (Lipinski definition) is 2. The monoisotopic (exact) mass is 243 g/mol. The lowest BCUT2D eigenvalue weighted by Crippen LogP contribution is -2.25. The molecule has 0 aliphatic heterocycles. The van der Waals surface area contributed by atoms with Gasteiger partial charge in [0.05, 0.1) is 0 Å². The lowest BCUT2D eigenvalue weighted by molar-refractivity contribution is -0.130. The Balaban J connectivity index is 2.59. The zero-order valence-electron chi connectivity index (χ0n) is 9.82. The number of nitrogens with zero attached hydrogens (tertiary/aromatic N) is 1. The van der Waals surface area contributed by atoms with Crippen LogP contribution in [0.15, 0.2) is 24.3 Å². The molecule has 0 aromatic heterocycles. The van der Waals surface area contributed by atoms with Crippen LogP contribution in [0.1, 0.15) is 18.9 Å². The topological polar surface area (TPSA) is 29.5 Å². The minimum atomic E-state index is -2.81. The van der Waals surface area contributed by atoms with E-state index < -0.39 is 6.61 Å². The van der Waals surface area contributed by atoms with Crippen LogP contribution in [0.4, 0.5) is 8.78 Å². The molecule has 0 spiro atoms. The molecule has 17 heavy (non-hydrogen) atoms. The third-order valence-electron chi connectivity index (χ3n) is 2.30. The van der Waals surface area contributed by atoms with Crippen LogP contribution < -0.4 is 4.74 Å². The highest BCUT2D eigenvalue weighted by Gasteiger charge is 2.07. The molecule has 0 bridgehead atoms. The van der Waals surface area contributed by atoms with Crippen LogP contribution in [0.2, 0.25) is 0 Å². The highest BCUT2D eigenvalue weighted by molar-refractivity contribution is 5.75. The molecule has 1 amide bonds. The van der Waals surface area contributed by atoms with Gasteiger partial charge in [0.15, 0.2) is 0 Å². The Kier molecular flexibility index (Phi) is 4.87. The van der Waals surface area contributed by atoms with Gasteiger partial charge in [-0.3, -0.25) is 4.79 Å². The largest absolute Gasteiger partial charge is 0.435 e. The average molecular weight is 243 g/mol. The molecule has 1 aromatic carbocycles. The summed E-state index contributed by atoms with van der Waals surface area (Å²) in [5.41, 5.74) is 0.871. The van der Waals surface area contributed by atoms with Crippen molar-refractivity contribution in [1.82, 2.24) is 4.90 Å². The second kappa shape index (κ2) is 6.18. The Morgan fingerprint density at radius 3 is 2.41 bits per heavy atom. The minimum absolute atomic E-state index is 0.0397. The van der Waals surface area contributed by atoms with E-state index in [1.54, 1.807) is 31.0 Å². The lowest BCUT2D eigenvalue weighted by Gasteiger charge is -2.16. The Labute approximate surface area is 99.0 Å². The molecule has 0 atom stereocenters. The van der Waals surface area contributed by atoms with E-state index in [1.165, 1.54) is 12.1 Å². The summed E-state index contributed by atoms with van der Waals surface area (Å²) in [7, 11) is 1.70. The number of ether oxygens (including phenoxy) is 1. The van der Waals surface area contributed by atoms with E-state index >= 15 is 0 Å². The van der Waals surface area contributed by atoms with E-state index in [0.29, 0.717) is 13.0 Å². The molecule has 0 saturated heterocycles. The van der Waals surface area contributed by atoms with Crippen molar-refractivity contribution in [3.05, 3.63) is 29.8 Å². The first-order valence-corrected chi connectivity index (χ1v) is 5.30. The summed E-state index contributed by atoms with van der Waals surface area (Å²) in [6, 6.07) is 6.26. The standard InChI is InChI=1S/C12H15F2NO2/c1-3-11(16)15(2)8-9-4-6-10(7-5-9)17-12(13)14/h4-7,12H,3,8H2,1-2H3. The van der Waals surface area contributed by atoms with Gasteiger partial charge in [0, 0.05) is 20.0 Å². The van der Waals surface area contributed by atoms with E-state index in [4.69, 9.17) is 0 Å². The van der Waals surface area contributed by atoms with E-state index in [2.05, 4.69) is 4.74 Å². The van der Waals surface area contributed by atoms with Gasteiger partial charge >= 0.3 is 6.61 Å². The number of rotatable bonds is 5. The molecule has 0 radical (unpaired) electrons. The van der Waals surface area contributed by atoms with Gasteiger partial charge in [-0.2, -0.15) is 8.78 Å². The van der Waals surface area contributed by atoms with Crippen molar-refractivity contribution < 1.29 is 18.3 Å². The molecule has 3 nitrogen and oxygen atoms in total. The second-order valence-corrected chi connectivity index (χ2v) is 3.63. The molecule has 0 N–H and O–H groups in total. The summed E-state index contributed by atoms with van der Waals surface area (Å²) >= 11 is 0. The maximum absolute atomic E-state index is 11.9. The molecule has 0 fully saturated rings. The Morgan fingerprint density at radius 2 is 1.94 bits per heavy atom. The number of carbonyl (C=O) groups is 1. The van der Waals surface area contributed by atoms with Crippen molar-refractivity contribution in [1.29, 1.82) is 0 Å². The number of carbonyl (C=O) groups excluding carboxylic acids is 1. The number of amides is 1. The fraction of sp³-hybridized carbons (Fsp3) is 0.417. The van der Waals surface area contributed by atoms with E-state index in [9.17, 15) is 13.6 Å². The van der Waals surface area contributed by atoms with Gasteiger partial charge in [0.2, 0.25) is 5.91 Å². The fourth-order valence-electron chi connectivity index (χ4n) is 1.41. The van der Waals surface area contributed by atoms with Gasteiger partial charge in [0.1, 0.15) is 5.75 Å². The molecule has 5 heteroatoms. The van der Waals surface area contributed by atoms with E-state index in [1.807, 2.05) is 0 Å². The summed E-state index contributed by atoms with van der Waals surface area (Å²) in [5.74, 6) is 0.158. The third kappa shape index (κ3) is 4.38. The summed E-state index contributed by atoms with van der Waals surface area (Å²) in [6.07, 6.45) is 0.447. The van der Waals surface area contributed by atoms with E-state index in [0.717, 1.165) is 5.56 Å². The molecular weight excluding hydrogens is 228 g/mol. The minimum Gasteiger partial charge on any atom is -0.435 e. The number of halogens is 2. The van der Waals surface area contributed by atoms with Crippen LogP contribution in [-0.4, -0.2) is 24.5 Å².